The molecule has 142 valence electrons. The van der Waals surface area contributed by atoms with Crippen LogP contribution in [-0.2, 0) is 17.8 Å². The lowest BCUT2D eigenvalue weighted by Crippen LogP contribution is -2.27. The number of imidazole rings is 1. The van der Waals surface area contributed by atoms with Crippen LogP contribution in [0.15, 0.2) is 24.3 Å². The zero-order valence-electron chi connectivity index (χ0n) is 15.7. The van der Waals surface area contributed by atoms with Gasteiger partial charge in [0, 0.05) is 31.3 Å². The van der Waals surface area contributed by atoms with Crippen LogP contribution in [0.2, 0.25) is 0 Å². The second kappa shape index (κ2) is 10.4. The third kappa shape index (κ3) is 5.33. The predicted molar refractivity (Wildman–Crippen MR) is 109 cm³/mol. The van der Waals surface area contributed by atoms with E-state index < -0.39 is 5.91 Å². The molecule has 1 heterocycles. The van der Waals surface area contributed by atoms with Crippen molar-refractivity contribution in [2.75, 3.05) is 31.6 Å². The molecule has 6 nitrogen and oxygen atoms in total. The van der Waals surface area contributed by atoms with Gasteiger partial charge in [-0.25, -0.2) is 10.5 Å². The lowest BCUT2D eigenvalue weighted by molar-refractivity contribution is -0.124. The molecule has 7 heteroatoms. The van der Waals surface area contributed by atoms with Gasteiger partial charge in [0.2, 0.25) is 0 Å². The zero-order valence-corrected chi connectivity index (χ0v) is 16.6. The van der Waals surface area contributed by atoms with E-state index in [1.165, 1.54) is 6.08 Å². The molecule has 0 aliphatic rings. The van der Waals surface area contributed by atoms with E-state index >= 15 is 0 Å². The van der Waals surface area contributed by atoms with Crippen LogP contribution in [-0.4, -0.2) is 57.2 Å². The molecule has 2 rings (SSSR count). The average molecular weight is 377 g/mol. The van der Waals surface area contributed by atoms with Crippen molar-refractivity contribution in [3.63, 3.8) is 0 Å². The summed E-state index contributed by atoms with van der Waals surface area (Å²) in [6.07, 6.45) is 6.01. The van der Waals surface area contributed by atoms with Gasteiger partial charge in [-0.15, -0.1) is 0 Å². The standard InChI is InChI=1S/C19H28N4O2S/c1-4-22(5-2)11-12-23-17-8-6-15(7-9-19(24)21-25)14-16(17)20-18(23)10-13-26-3/h6-9,14,25H,4-5,10-13H2,1-3H3,(H,21,24). The molecule has 1 amide bonds. The van der Waals surface area contributed by atoms with Crippen LogP contribution in [0.3, 0.4) is 0 Å². The molecule has 0 aliphatic heterocycles. The lowest BCUT2D eigenvalue weighted by Gasteiger charge is -2.19. The Bertz CT molecular complexity index is 753. The van der Waals surface area contributed by atoms with Crippen molar-refractivity contribution >= 4 is 34.8 Å². The van der Waals surface area contributed by atoms with Gasteiger partial charge in [-0.05, 0) is 43.1 Å². The number of likely N-dealkylation sites (N-methyl/N-ethyl adjacent to an activating group) is 1. The smallest absolute Gasteiger partial charge is 0.267 e. The number of hydroxylamine groups is 1. The van der Waals surface area contributed by atoms with E-state index in [2.05, 4.69) is 35.6 Å². The highest BCUT2D eigenvalue weighted by Crippen LogP contribution is 2.20. The van der Waals surface area contributed by atoms with Crippen molar-refractivity contribution in [1.82, 2.24) is 19.9 Å². The highest BCUT2D eigenvalue weighted by molar-refractivity contribution is 7.98. The summed E-state index contributed by atoms with van der Waals surface area (Å²) in [5.41, 5.74) is 4.53. The largest absolute Gasteiger partial charge is 0.327 e. The summed E-state index contributed by atoms with van der Waals surface area (Å²) in [6, 6.07) is 6.01. The van der Waals surface area contributed by atoms with Crippen LogP contribution in [0.5, 0.6) is 0 Å². The Morgan fingerprint density at radius 1 is 1.38 bits per heavy atom. The Morgan fingerprint density at radius 3 is 2.81 bits per heavy atom. The fourth-order valence-corrected chi connectivity index (χ4v) is 3.31. The number of aryl methyl sites for hydroxylation is 1. The van der Waals surface area contributed by atoms with Crippen molar-refractivity contribution < 1.29 is 10.0 Å². The summed E-state index contributed by atoms with van der Waals surface area (Å²) in [7, 11) is 0. The van der Waals surface area contributed by atoms with Gasteiger partial charge in [-0.2, -0.15) is 11.8 Å². The number of rotatable bonds is 10. The van der Waals surface area contributed by atoms with Crippen molar-refractivity contribution in [3.05, 3.63) is 35.7 Å². The van der Waals surface area contributed by atoms with Crippen molar-refractivity contribution in [3.8, 4) is 0 Å². The van der Waals surface area contributed by atoms with E-state index in [1.54, 1.807) is 11.6 Å². The maximum absolute atomic E-state index is 11.2. The minimum Gasteiger partial charge on any atom is -0.327 e. The first-order chi connectivity index (χ1) is 12.6. The highest BCUT2D eigenvalue weighted by Gasteiger charge is 2.12. The monoisotopic (exact) mass is 376 g/mol. The number of fused-ring (bicyclic) bond motifs is 1. The van der Waals surface area contributed by atoms with Crippen LogP contribution in [0.25, 0.3) is 17.1 Å². The topological polar surface area (TPSA) is 70.4 Å². The van der Waals surface area contributed by atoms with Crippen LogP contribution in [0.1, 0.15) is 25.2 Å². The molecule has 2 aromatic rings. The molecule has 2 N–H and O–H groups in total. The summed E-state index contributed by atoms with van der Waals surface area (Å²) < 4.78 is 2.32. The van der Waals surface area contributed by atoms with E-state index in [9.17, 15) is 4.79 Å². The van der Waals surface area contributed by atoms with Gasteiger partial charge in [0.05, 0.1) is 11.0 Å². The number of thioether (sulfide) groups is 1. The fraction of sp³-hybridized carbons (Fsp3) is 0.474. The Balaban J connectivity index is 2.31. The molecule has 0 aliphatic carbocycles. The maximum Gasteiger partial charge on any atom is 0.267 e. The summed E-state index contributed by atoms with van der Waals surface area (Å²) in [5, 5.41) is 8.58. The first-order valence-electron chi connectivity index (χ1n) is 8.95. The molecule has 26 heavy (non-hydrogen) atoms. The van der Waals surface area contributed by atoms with Crippen molar-refractivity contribution in [2.24, 2.45) is 0 Å². The Kier molecular flexibility index (Phi) is 8.15. The Labute approximate surface area is 159 Å². The predicted octanol–water partition coefficient (Wildman–Crippen LogP) is 2.80. The van der Waals surface area contributed by atoms with Gasteiger partial charge in [0.25, 0.3) is 5.91 Å². The second-order valence-electron chi connectivity index (χ2n) is 6.01. The zero-order chi connectivity index (χ0) is 18.9. The van der Waals surface area contributed by atoms with Crippen molar-refractivity contribution in [2.45, 2.75) is 26.8 Å². The van der Waals surface area contributed by atoms with Crippen LogP contribution >= 0.6 is 11.8 Å². The van der Waals surface area contributed by atoms with E-state index in [0.717, 1.165) is 60.8 Å². The number of aromatic nitrogens is 2. The minimum absolute atomic E-state index is 0.546. The first-order valence-corrected chi connectivity index (χ1v) is 10.3. The number of hydrogen-bond acceptors (Lipinski definition) is 5. The fourth-order valence-electron chi connectivity index (χ4n) is 2.92. The van der Waals surface area contributed by atoms with E-state index in [1.807, 2.05) is 23.9 Å². The molecule has 0 fully saturated rings. The number of carbonyl (C=O) groups is 1. The number of nitrogens with zero attached hydrogens (tertiary/aromatic N) is 3. The number of hydrogen-bond donors (Lipinski definition) is 2. The van der Waals surface area contributed by atoms with Gasteiger partial charge in [-0.3, -0.25) is 10.0 Å². The average Bonchev–Trinajstić information content (AvgIpc) is 3.01. The maximum atomic E-state index is 11.2. The molecule has 1 aromatic carbocycles. The number of benzene rings is 1. The quantitative estimate of drug-likeness (QED) is 0.379. The van der Waals surface area contributed by atoms with Crippen molar-refractivity contribution in [1.29, 1.82) is 0 Å². The molecular formula is C19H28N4O2S. The SMILES string of the molecule is CCN(CC)CCn1c(CCSC)nc2cc(C=CC(=O)NO)ccc21. The lowest BCUT2D eigenvalue weighted by atomic mass is 10.2. The Morgan fingerprint density at radius 2 is 2.15 bits per heavy atom. The summed E-state index contributed by atoms with van der Waals surface area (Å²) in [5.74, 6) is 1.60. The second-order valence-corrected chi connectivity index (χ2v) is 6.99. The third-order valence-corrected chi connectivity index (χ3v) is 5.07. The van der Waals surface area contributed by atoms with Gasteiger partial charge in [-0.1, -0.05) is 19.9 Å². The minimum atomic E-state index is -0.546. The molecule has 0 radical (unpaired) electrons. The normalized spacial score (nSPS) is 11.7. The van der Waals surface area contributed by atoms with Crippen LogP contribution < -0.4 is 5.48 Å². The molecule has 0 saturated heterocycles. The molecule has 1 aromatic heterocycles. The molecule has 0 spiro atoms. The molecular weight excluding hydrogens is 348 g/mol. The van der Waals surface area contributed by atoms with Gasteiger partial charge >= 0.3 is 0 Å². The summed E-state index contributed by atoms with van der Waals surface area (Å²) in [6.45, 7) is 8.39. The first kappa shape index (κ1) is 20.5. The van der Waals surface area contributed by atoms with Crippen LogP contribution in [0.4, 0.5) is 0 Å². The molecule has 0 bridgehead atoms. The van der Waals surface area contributed by atoms with E-state index in [-0.39, 0.29) is 0 Å². The molecule has 0 saturated carbocycles. The van der Waals surface area contributed by atoms with Gasteiger partial charge in [0.15, 0.2) is 0 Å². The highest BCUT2D eigenvalue weighted by atomic mass is 32.2. The molecule has 0 atom stereocenters. The number of amides is 1. The Hall–Kier alpha value is -1.83. The molecule has 0 unspecified atom stereocenters. The van der Waals surface area contributed by atoms with Gasteiger partial charge < -0.3 is 9.47 Å². The van der Waals surface area contributed by atoms with E-state index in [0.29, 0.717) is 0 Å². The van der Waals surface area contributed by atoms with E-state index in [4.69, 9.17) is 10.2 Å². The van der Waals surface area contributed by atoms with Crippen LogP contribution in [0, 0.1) is 0 Å². The van der Waals surface area contributed by atoms with Gasteiger partial charge in [0.1, 0.15) is 5.82 Å². The number of carbonyl (C=O) groups excluding carboxylic acids is 1. The number of nitrogens with one attached hydrogen (secondary N) is 1. The summed E-state index contributed by atoms with van der Waals surface area (Å²) in [4.78, 5) is 18.4. The summed E-state index contributed by atoms with van der Waals surface area (Å²) >= 11 is 1.82. The third-order valence-electron chi connectivity index (χ3n) is 4.45.